The first-order valence-electron chi connectivity index (χ1n) is 7.33. The van der Waals surface area contributed by atoms with Crippen LogP contribution in [0.4, 0.5) is 10.2 Å². The van der Waals surface area contributed by atoms with Crippen molar-refractivity contribution < 1.29 is 18.6 Å². The summed E-state index contributed by atoms with van der Waals surface area (Å²) in [6.45, 7) is 4.05. The topological polar surface area (TPSA) is 119 Å². The number of aliphatic hydroxyl groups is 1. The van der Waals surface area contributed by atoms with Crippen molar-refractivity contribution in [1.29, 1.82) is 0 Å². The van der Waals surface area contributed by atoms with Crippen LogP contribution in [0.3, 0.4) is 0 Å². The normalized spacial score (nSPS) is 10.3. The molecule has 0 spiro atoms. The number of aliphatic hydroxyl groups excluding tert-OH is 1. The number of hydrogen-bond acceptors (Lipinski definition) is 8. The third-order valence-corrected chi connectivity index (χ3v) is 3.51. The van der Waals surface area contributed by atoms with Crippen LogP contribution >= 0.6 is 15.9 Å². The molecule has 9 nitrogen and oxygen atoms in total. The zero-order valence-corrected chi connectivity index (χ0v) is 14.9. The number of anilines is 1. The molecule has 1 aromatic carbocycles. The highest BCUT2D eigenvalue weighted by atomic mass is 79.9. The first-order chi connectivity index (χ1) is 12.1. The van der Waals surface area contributed by atoms with Gasteiger partial charge in [0.1, 0.15) is 5.82 Å². The summed E-state index contributed by atoms with van der Waals surface area (Å²) in [7, 11) is 0. The third kappa shape index (κ3) is 3.94. The second kappa shape index (κ2) is 8.53. The summed E-state index contributed by atoms with van der Waals surface area (Å²) in [6.07, 6.45) is 0. The molecule has 0 saturated carbocycles. The van der Waals surface area contributed by atoms with E-state index >= 15 is 0 Å². The third-order valence-electron chi connectivity index (χ3n) is 2.87. The lowest BCUT2D eigenvalue weighted by Gasteiger charge is -2.05. The number of nitrogens with one attached hydrogen (secondary N) is 1. The summed E-state index contributed by atoms with van der Waals surface area (Å²) < 4.78 is 24.3. The second-order valence-electron chi connectivity index (χ2n) is 4.32. The Bertz CT molecular complexity index is 891. The molecule has 0 saturated heterocycles. The molecule has 2 N–H and O–H groups in total. The maximum absolute atomic E-state index is 13.7. The number of benzene rings is 1. The summed E-state index contributed by atoms with van der Waals surface area (Å²) >= 11 is 3.04. The number of rotatable bonds is 5. The van der Waals surface area contributed by atoms with Crippen LogP contribution < -0.4 is 11.1 Å². The zero-order valence-electron chi connectivity index (χ0n) is 13.4. The Kier molecular flexibility index (Phi) is 6.42. The monoisotopic (exact) mass is 415 g/mol. The van der Waals surface area contributed by atoms with Crippen molar-refractivity contribution >= 4 is 21.7 Å². The number of halogens is 2. The van der Waals surface area contributed by atoms with E-state index < -0.39 is 11.6 Å². The lowest BCUT2D eigenvalue weighted by molar-refractivity contribution is 0.304. The predicted octanol–water partition coefficient (Wildman–Crippen LogP) is 2.21. The molecule has 2 aromatic heterocycles. The molecule has 134 valence electrons. The molecule has 11 heteroatoms. The Hall–Kier alpha value is -2.53. The molecule has 0 amide bonds. The molecule has 0 atom stereocenters. The molecule has 0 aliphatic rings. The van der Waals surface area contributed by atoms with E-state index in [4.69, 9.17) is 5.11 Å². The van der Waals surface area contributed by atoms with E-state index in [1.54, 1.807) is 0 Å². The van der Waals surface area contributed by atoms with Gasteiger partial charge in [-0.1, -0.05) is 19.0 Å². The Morgan fingerprint density at radius 3 is 2.76 bits per heavy atom. The van der Waals surface area contributed by atoms with Crippen molar-refractivity contribution in [3.05, 3.63) is 39.0 Å². The van der Waals surface area contributed by atoms with E-state index in [1.165, 1.54) is 12.1 Å². The number of nitrogens with zero attached hydrogens (tertiary/aromatic N) is 4. The standard InChI is InChI=1S/C12H9BrFN5O4.C2H6/c13-7-2-1-6(5-8(7)14)19-11(18-22-12(19)21)9-10(15-3-4-20)17-23-16-9;1-2/h1-2,5,20H,3-4H2,(H,15,17);1-2H3. The fourth-order valence-corrected chi connectivity index (χ4v) is 2.12. The Morgan fingerprint density at radius 1 is 1.32 bits per heavy atom. The van der Waals surface area contributed by atoms with Crippen molar-refractivity contribution in [2.24, 2.45) is 0 Å². The summed E-state index contributed by atoms with van der Waals surface area (Å²) in [5.74, 6) is -1.23. The van der Waals surface area contributed by atoms with Crippen LogP contribution in [0, 0.1) is 5.82 Å². The van der Waals surface area contributed by atoms with Crippen LogP contribution in [0.1, 0.15) is 13.8 Å². The maximum atomic E-state index is 13.7. The van der Waals surface area contributed by atoms with Crippen molar-refractivity contribution in [2.45, 2.75) is 13.8 Å². The van der Waals surface area contributed by atoms with Crippen LogP contribution in [-0.2, 0) is 0 Å². The zero-order chi connectivity index (χ0) is 18.4. The predicted molar refractivity (Wildman–Crippen MR) is 90.0 cm³/mol. The van der Waals surface area contributed by atoms with Gasteiger partial charge in [-0.3, -0.25) is 4.52 Å². The van der Waals surface area contributed by atoms with E-state index in [0.29, 0.717) is 0 Å². The van der Waals surface area contributed by atoms with Crippen molar-refractivity contribution in [3.63, 3.8) is 0 Å². The summed E-state index contributed by atoms with van der Waals surface area (Å²) in [5.41, 5.74) is 0.288. The van der Waals surface area contributed by atoms with Crippen LogP contribution in [0.5, 0.6) is 0 Å². The SMILES string of the molecule is CC.O=c1onc(-c2nonc2NCCO)n1-c1ccc(Br)c(F)c1. The average Bonchev–Trinajstić information content (AvgIpc) is 3.23. The van der Waals surface area contributed by atoms with Crippen LogP contribution in [0.25, 0.3) is 17.2 Å². The minimum Gasteiger partial charge on any atom is -0.395 e. The summed E-state index contributed by atoms with van der Waals surface area (Å²) in [5, 5.41) is 22.5. The van der Waals surface area contributed by atoms with Gasteiger partial charge in [-0.2, -0.15) is 0 Å². The molecule has 3 aromatic rings. The molecule has 0 radical (unpaired) electrons. The lowest BCUT2D eigenvalue weighted by Crippen LogP contribution is -2.14. The van der Waals surface area contributed by atoms with Gasteiger partial charge in [-0.05, 0) is 44.4 Å². The Balaban J connectivity index is 0.00000109. The Morgan fingerprint density at radius 2 is 2.08 bits per heavy atom. The molecule has 25 heavy (non-hydrogen) atoms. The molecular weight excluding hydrogens is 401 g/mol. The van der Waals surface area contributed by atoms with Gasteiger partial charge >= 0.3 is 5.76 Å². The fourth-order valence-electron chi connectivity index (χ4n) is 1.88. The molecule has 0 unspecified atom stereocenters. The maximum Gasteiger partial charge on any atom is 0.446 e. The molecule has 0 aliphatic carbocycles. The van der Waals surface area contributed by atoms with Crippen molar-refractivity contribution in [2.75, 3.05) is 18.5 Å². The Labute approximate surface area is 149 Å². The van der Waals surface area contributed by atoms with Gasteiger partial charge in [0.25, 0.3) is 0 Å². The molecule has 3 rings (SSSR count). The van der Waals surface area contributed by atoms with Crippen LogP contribution in [-0.4, -0.2) is 38.3 Å². The van der Waals surface area contributed by atoms with Gasteiger partial charge < -0.3 is 10.4 Å². The molecule has 2 heterocycles. The van der Waals surface area contributed by atoms with Crippen LogP contribution in [0.15, 0.2) is 36.6 Å². The fraction of sp³-hybridized carbons (Fsp3) is 0.286. The largest absolute Gasteiger partial charge is 0.446 e. The van der Waals surface area contributed by atoms with E-state index in [1.807, 2.05) is 13.8 Å². The average molecular weight is 416 g/mol. The van der Waals surface area contributed by atoms with Gasteiger partial charge in [0.2, 0.25) is 11.6 Å². The highest BCUT2D eigenvalue weighted by molar-refractivity contribution is 9.10. The first-order valence-corrected chi connectivity index (χ1v) is 8.13. The molecular formula is C14H15BrFN5O4. The highest BCUT2D eigenvalue weighted by Gasteiger charge is 2.22. The van der Waals surface area contributed by atoms with Crippen LogP contribution in [0.2, 0.25) is 0 Å². The van der Waals surface area contributed by atoms with Gasteiger partial charge in [-0.15, -0.1) is 0 Å². The summed E-state index contributed by atoms with van der Waals surface area (Å²) in [6, 6.07) is 4.09. The lowest BCUT2D eigenvalue weighted by atomic mass is 10.3. The van der Waals surface area contributed by atoms with E-state index in [2.05, 4.69) is 45.9 Å². The van der Waals surface area contributed by atoms with E-state index in [0.717, 1.165) is 10.6 Å². The van der Waals surface area contributed by atoms with Crippen molar-refractivity contribution in [1.82, 2.24) is 20.0 Å². The van der Waals surface area contributed by atoms with Crippen molar-refractivity contribution in [3.8, 4) is 17.2 Å². The molecule has 0 aliphatic heterocycles. The van der Waals surface area contributed by atoms with E-state index in [-0.39, 0.29) is 40.6 Å². The number of hydrogen-bond donors (Lipinski definition) is 2. The minimum absolute atomic E-state index is 0.0154. The smallest absolute Gasteiger partial charge is 0.395 e. The molecule has 0 fully saturated rings. The van der Waals surface area contributed by atoms with E-state index in [9.17, 15) is 9.18 Å². The second-order valence-corrected chi connectivity index (χ2v) is 5.17. The molecule has 0 bridgehead atoms. The number of aromatic nitrogens is 4. The summed E-state index contributed by atoms with van der Waals surface area (Å²) in [4.78, 5) is 11.9. The first kappa shape index (κ1) is 18.8. The van der Waals surface area contributed by atoms with Gasteiger partial charge in [-0.25, -0.2) is 18.4 Å². The quantitative estimate of drug-likeness (QED) is 0.650. The van der Waals surface area contributed by atoms with Gasteiger partial charge in [0.05, 0.1) is 16.8 Å². The van der Waals surface area contributed by atoms with Gasteiger partial charge in [0, 0.05) is 6.54 Å². The minimum atomic E-state index is -0.821. The highest BCUT2D eigenvalue weighted by Crippen LogP contribution is 2.25. The van der Waals surface area contributed by atoms with Gasteiger partial charge in [0.15, 0.2) is 5.69 Å².